The number of aliphatic hydroxyl groups is 1. The molecule has 1 atom stereocenters. The van der Waals surface area contributed by atoms with Crippen LogP contribution in [0.3, 0.4) is 0 Å². The molecule has 0 saturated heterocycles. The second-order valence-corrected chi connectivity index (χ2v) is 3.96. The fraction of sp³-hybridized carbons (Fsp3) is 0.455. The van der Waals surface area contributed by atoms with E-state index in [9.17, 15) is 5.11 Å². The van der Waals surface area contributed by atoms with E-state index in [0.717, 1.165) is 17.7 Å². The second-order valence-electron chi connectivity index (χ2n) is 3.96. The molecule has 86 valence electrons. The molecular weight excluding hydrogens is 204 g/mol. The second kappa shape index (κ2) is 4.49. The molecule has 2 rings (SSSR count). The average molecular weight is 220 g/mol. The minimum absolute atomic E-state index is 0.465. The van der Waals surface area contributed by atoms with Gasteiger partial charge in [0.1, 0.15) is 0 Å². The van der Waals surface area contributed by atoms with Crippen LogP contribution in [0.25, 0.3) is 0 Å². The van der Waals surface area contributed by atoms with Gasteiger partial charge in [-0.2, -0.15) is 10.2 Å². The zero-order chi connectivity index (χ0) is 11.5. The Morgan fingerprint density at radius 1 is 1.38 bits per heavy atom. The Kier molecular flexibility index (Phi) is 3.05. The van der Waals surface area contributed by atoms with Crippen molar-refractivity contribution in [2.24, 2.45) is 14.1 Å². The molecule has 1 unspecified atom stereocenters. The molecule has 5 heteroatoms. The first kappa shape index (κ1) is 10.9. The molecule has 0 spiro atoms. The fourth-order valence-corrected chi connectivity index (χ4v) is 1.76. The van der Waals surface area contributed by atoms with Crippen LogP contribution in [0.5, 0.6) is 0 Å². The summed E-state index contributed by atoms with van der Waals surface area (Å²) < 4.78 is 3.47. The van der Waals surface area contributed by atoms with E-state index >= 15 is 0 Å². The highest BCUT2D eigenvalue weighted by Gasteiger charge is 2.11. The van der Waals surface area contributed by atoms with Crippen molar-refractivity contribution < 1.29 is 5.11 Å². The molecule has 2 heterocycles. The Hall–Kier alpha value is -1.62. The normalized spacial score (nSPS) is 12.9. The topological polar surface area (TPSA) is 55.9 Å². The first-order valence-corrected chi connectivity index (χ1v) is 5.30. The molecule has 0 aliphatic rings. The van der Waals surface area contributed by atoms with Gasteiger partial charge in [0.05, 0.1) is 18.0 Å². The van der Waals surface area contributed by atoms with Gasteiger partial charge in [-0.25, -0.2) is 0 Å². The van der Waals surface area contributed by atoms with Crippen LogP contribution >= 0.6 is 0 Å². The number of hydrogen-bond donors (Lipinski definition) is 1. The Labute approximate surface area is 94.3 Å². The van der Waals surface area contributed by atoms with E-state index in [1.54, 1.807) is 15.6 Å². The predicted octanol–water partition coefficient (Wildman–Crippen LogP) is 0.820. The first-order valence-electron chi connectivity index (χ1n) is 5.30. The Bertz CT molecular complexity index is 460. The predicted molar refractivity (Wildman–Crippen MR) is 59.7 cm³/mol. The van der Waals surface area contributed by atoms with Crippen LogP contribution in [0.4, 0.5) is 0 Å². The lowest BCUT2D eigenvalue weighted by Gasteiger charge is -2.09. The molecule has 1 N–H and O–H groups in total. The highest BCUT2D eigenvalue weighted by atomic mass is 16.3. The SMILES string of the molecule is Cn1cc(CCC(O)c2ccnn2C)cn1. The number of aryl methyl sites for hydroxylation is 3. The lowest BCUT2D eigenvalue weighted by molar-refractivity contribution is 0.158. The molecule has 5 nitrogen and oxygen atoms in total. The Balaban J connectivity index is 1.93. The summed E-state index contributed by atoms with van der Waals surface area (Å²) in [7, 11) is 3.73. The minimum Gasteiger partial charge on any atom is -0.387 e. The van der Waals surface area contributed by atoms with E-state index < -0.39 is 6.10 Å². The van der Waals surface area contributed by atoms with Gasteiger partial charge >= 0.3 is 0 Å². The molecule has 2 aromatic heterocycles. The molecular formula is C11H16N4O. The number of nitrogens with zero attached hydrogens (tertiary/aromatic N) is 4. The van der Waals surface area contributed by atoms with Gasteiger partial charge in [-0.05, 0) is 24.5 Å². The maximum Gasteiger partial charge on any atom is 0.0959 e. The smallest absolute Gasteiger partial charge is 0.0959 e. The molecule has 2 aromatic rings. The molecule has 0 aliphatic heterocycles. The van der Waals surface area contributed by atoms with E-state index in [2.05, 4.69) is 10.2 Å². The Morgan fingerprint density at radius 2 is 2.19 bits per heavy atom. The molecule has 0 radical (unpaired) electrons. The van der Waals surface area contributed by atoms with Crippen LogP contribution in [0.1, 0.15) is 23.8 Å². The van der Waals surface area contributed by atoms with Crippen molar-refractivity contribution >= 4 is 0 Å². The van der Waals surface area contributed by atoms with Crippen molar-refractivity contribution in [1.29, 1.82) is 0 Å². The molecule has 0 aromatic carbocycles. The Morgan fingerprint density at radius 3 is 2.75 bits per heavy atom. The monoisotopic (exact) mass is 220 g/mol. The summed E-state index contributed by atoms with van der Waals surface area (Å²) in [6, 6.07) is 1.84. The summed E-state index contributed by atoms with van der Waals surface area (Å²) in [4.78, 5) is 0. The van der Waals surface area contributed by atoms with E-state index in [4.69, 9.17) is 0 Å². The van der Waals surface area contributed by atoms with Crippen molar-refractivity contribution in [1.82, 2.24) is 19.6 Å². The number of rotatable bonds is 4. The van der Waals surface area contributed by atoms with Gasteiger partial charge in [0, 0.05) is 26.5 Å². The van der Waals surface area contributed by atoms with Gasteiger partial charge in [-0.3, -0.25) is 9.36 Å². The summed E-state index contributed by atoms with van der Waals surface area (Å²) in [6.07, 6.45) is 6.53. The molecule has 0 amide bonds. The van der Waals surface area contributed by atoms with Crippen LogP contribution in [0.2, 0.25) is 0 Å². The first-order chi connectivity index (χ1) is 7.66. The molecule has 0 saturated carbocycles. The molecule has 0 bridgehead atoms. The van der Waals surface area contributed by atoms with Crippen molar-refractivity contribution in [2.45, 2.75) is 18.9 Å². The van der Waals surface area contributed by atoms with Crippen LogP contribution in [-0.2, 0) is 20.5 Å². The minimum atomic E-state index is -0.465. The van der Waals surface area contributed by atoms with Crippen molar-refractivity contribution in [3.05, 3.63) is 35.9 Å². The van der Waals surface area contributed by atoms with Gasteiger partial charge in [0.25, 0.3) is 0 Å². The van der Waals surface area contributed by atoms with Gasteiger partial charge in [0.15, 0.2) is 0 Å². The van der Waals surface area contributed by atoms with E-state index in [-0.39, 0.29) is 0 Å². The highest BCUT2D eigenvalue weighted by Crippen LogP contribution is 2.17. The maximum atomic E-state index is 9.97. The number of aliphatic hydroxyl groups excluding tert-OH is 1. The van der Waals surface area contributed by atoms with Crippen molar-refractivity contribution in [3.63, 3.8) is 0 Å². The zero-order valence-corrected chi connectivity index (χ0v) is 9.54. The summed E-state index contributed by atoms with van der Waals surface area (Å²) in [5, 5.41) is 18.1. The van der Waals surface area contributed by atoms with Crippen LogP contribution in [0, 0.1) is 0 Å². The summed E-state index contributed by atoms with van der Waals surface area (Å²) in [6.45, 7) is 0. The summed E-state index contributed by atoms with van der Waals surface area (Å²) >= 11 is 0. The third-order valence-electron chi connectivity index (χ3n) is 2.67. The molecule has 16 heavy (non-hydrogen) atoms. The molecule has 0 aliphatic carbocycles. The van der Waals surface area contributed by atoms with Gasteiger partial charge in [-0.15, -0.1) is 0 Å². The standard InChI is InChI=1S/C11H16N4O/c1-14-8-9(7-13-14)3-4-11(16)10-5-6-12-15(10)2/h5-8,11,16H,3-4H2,1-2H3. The van der Waals surface area contributed by atoms with Crippen molar-refractivity contribution in [2.75, 3.05) is 0 Å². The largest absolute Gasteiger partial charge is 0.387 e. The lowest BCUT2D eigenvalue weighted by atomic mass is 10.1. The van der Waals surface area contributed by atoms with Gasteiger partial charge < -0.3 is 5.11 Å². The summed E-state index contributed by atoms with van der Waals surface area (Å²) in [5.74, 6) is 0. The van der Waals surface area contributed by atoms with Gasteiger partial charge in [-0.1, -0.05) is 0 Å². The van der Waals surface area contributed by atoms with Crippen LogP contribution < -0.4 is 0 Å². The quantitative estimate of drug-likeness (QED) is 0.830. The lowest BCUT2D eigenvalue weighted by Crippen LogP contribution is -2.06. The third-order valence-corrected chi connectivity index (χ3v) is 2.67. The fourth-order valence-electron chi connectivity index (χ4n) is 1.76. The van der Waals surface area contributed by atoms with Crippen LogP contribution in [-0.4, -0.2) is 24.7 Å². The summed E-state index contributed by atoms with van der Waals surface area (Å²) in [5.41, 5.74) is 1.99. The third kappa shape index (κ3) is 2.30. The average Bonchev–Trinajstić information content (AvgIpc) is 2.84. The zero-order valence-electron chi connectivity index (χ0n) is 9.54. The van der Waals surface area contributed by atoms with Crippen molar-refractivity contribution in [3.8, 4) is 0 Å². The number of aromatic nitrogens is 4. The number of hydrogen-bond acceptors (Lipinski definition) is 3. The highest BCUT2D eigenvalue weighted by molar-refractivity contribution is 5.07. The molecule has 0 fully saturated rings. The maximum absolute atomic E-state index is 9.97. The van der Waals surface area contributed by atoms with E-state index in [1.165, 1.54) is 0 Å². The van der Waals surface area contributed by atoms with E-state index in [1.807, 2.05) is 32.6 Å². The van der Waals surface area contributed by atoms with Gasteiger partial charge in [0.2, 0.25) is 0 Å². The van der Waals surface area contributed by atoms with E-state index in [0.29, 0.717) is 6.42 Å². The van der Waals surface area contributed by atoms with Crippen LogP contribution in [0.15, 0.2) is 24.7 Å².